The number of H-pyrrole nitrogens is 1. The Bertz CT molecular complexity index is 1640. The van der Waals surface area contributed by atoms with E-state index in [9.17, 15) is 32.3 Å². The zero-order valence-corrected chi connectivity index (χ0v) is 21.3. The van der Waals surface area contributed by atoms with Crippen LogP contribution in [0.3, 0.4) is 0 Å². The number of pyridine rings is 1. The second-order valence-corrected chi connectivity index (χ2v) is 8.50. The van der Waals surface area contributed by atoms with Crippen LogP contribution in [0.5, 0.6) is 5.75 Å². The number of carbonyl (C=O) groups is 2. The van der Waals surface area contributed by atoms with Gasteiger partial charge in [-0.25, -0.2) is 14.6 Å². The van der Waals surface area contributed by atoms with Gasteiger partial charge in [-0.2, -0.15) is 0 Å². The first-order valence-electron chi connectivity index (χ1n) is 11.9. The molecule has 0 fully saturated rings. The number of nitrogens with one attached hydrogen (secondary N) is 3. The highest BCUT2D eigenvalue weighted by Crippen LogP contribution is 2.31. The number of nitrogens with zero attached hydrogens (tertiary/aromatic N) is 2. The van der Waals surface area contributed by atoms with Gasteiger partial charge in [-0.1, -0.05) is 42.5 Å². The quantitative estimate of drug-likeness (QED) is 0.294. The molecule has 4 aromatic rings. The number of aromatic nitrogens is 3. The van der Waals surface area contributed by atoms with Crippen LogP contribution in [0.1, 0.15) is 21.6 Å². The fraction of sp³-hybridized carbons (Fsp3) is 0.148. The number of hydrogen-bond acceptors (Lipinski definition) is 7. The average Bonchev–Trinajstić information content (AvgIpc) is 2.94. The van der Waals surface area contributed by atoms with Crippen LogP contribution in [0.15, 0.2) is 82.5 Å². The first-order valence-corrected chi connectivity index (χ1v) is 11.9. The van der Waals surface area contributed by atoms with Gasteiger partial charge in [-0.05, 0) is 29.3 Å². The molecule has 0 radical (unpaired) electrons. The molecule has 0 aliphatic carbocycles. The van der Waals surface area contributed by atoms with Crippen molar-refractivity contribution in [1.29, 1.82) is 0 Å². The topological polar surface area (TPSA) is 144 Å². The Hall–Kier alpha value is -5.40. The summed E-state index contributed by atoms with van der Waals surface area (Å²) in [7, 11) is 1.18. The maximum atomic E-state index is 13.2. The number of hydrogen-bond donors (Lipinski definition) is 3. The molecule has 4 rings (SSSR count). The number of methoxy groups -OCH3 is 1. The molecule has 2 heterocycles. The molecule has 14 heteroatoms. The molecule has 0 aliphatic heterocycles. The number of ether oxygens (including phenoxy) is 2. The zero-order valence-electron chi connectivity index (χ0n) is 21.3. The minimum atomic E-state index is -5.03. The third kappa shape index (κ3) is 7.59. The van der Waals surface area contributed by atoms with E-state index in [0.717, 1.165) is 16.7 Å². The highest BCUT2D eigenvalue weighted by Gasteiger charge is 2.32. The lowest BCUT2D eigenvalue weighted by molar-refractivity contribution is -0.274. The molecule has 0 saturated carbocycles. The molecule has 2 amide bonds. The smallest absolute Gasteiger partial charge is 0.453 e. The van der Waals surface area contributed by atoms with E-state index in [4.69, 9.17) is 0 Å². The molecule has 0 aliphatic rings. The SMILES string of the molecule is COC(=O)Nc1ccc(-c2ccc(CNC(=O)c3cc(=O)n(Cc4ccccc4)c(=O)[nH]3)c(OC(F)(F)F)c2)cn1. The van der Waals surface area contributed by atoms with Crippen molar-refractivity contribution in [3.8, 4) is 16.9 Å². The van der Waals surface area contributed by atoms with Crippen molar-refractivity contribution < 1.29 is 32.2 Å². The van der Waals surface area contributed by atoms with Crippen LogP contribution in [0, 0.1) is 0 Å². The standard InChI is InChI=1S/C27H22F3N5O6/c1-40-26(39)34-22-10-9-18(13-31-22)17-7-8-19(21(11-17)41-27(28,29)30)14-32-24(37)20-12-23(36)35(25(38)33-20)15-16-5-3-2-4-6-16/h2-13H,14-15H2,1H3,(H,32,37)(H,33,38)(H,31,34,39). The molecule has 0 bridgehead atoms. The van der Waals surface area contributed by atoms with Gasteiger partial charge in [0.15, 0.2) is 0 Å². The van der Waals surface area contributed by atoms with Crippen LogP contribution in [-0.4, -0.2) is 40.0 Å². The van der Waals surface area contributed by atoms with Crippen molar-refractivity contribution in [3.05, 3.63) is 111 Å². The predicted octanol–water partition coefficient (Wildman–Crippen LogP) is 3.65. The number of carbonyl (C=O) groups excluding carboxylic acids is 2. The first kappa shape index (κ1) is 28.6. The van der Waals surface area contributed by atoms with Crippen LogP contribution >= 0.6 is 0 Å². The molecule has 0 spiro atoms. The normalized spacial score (nSPS) is 11.0. The van der Waals surface area contributed by atoms with E-state index in [1.165, 1.54) is 37.6 Å². The Balaban J connectivity index is 1.52. The summed E-state index contributed by atoms with van der Waals surface area (Å²) >= 11 is 0. The monoisotopic (exact) mass is 569 g/mol. The number of halogens is 3. The van der Waals surface area contributed by atoms with E-state index in [1.54, 1.807) is 30.3 Å². The van der Waals surface area contributed by atoms with Crippen molar-refractivity contribution >= 4 is 17.8 Å². The van der Waals surface area contributed by atoms with Gasteiger partial charge in [0.25, 0.3) is 11.5 Å². The van der Waals surface area contributed by atoms with Gasteiger partial charge in [-0.15, -0.1) is 13.2 Å². The van der Waals surface area contributed by atoms with Gasteiger partial charge in [-0.3, -0.25) is 19.5 Å². The third-order valence-electron chi connectivity index (χ3n) is 5.69. The van der Waals surface area contributed by atoms with Crippen molar-refractivity contribution in [3.63, 3.8) is 0 Å². The van der Waals surface area contributed by atoms with E-state index in [0.29, 0.717) is 16.7 Å². The van der Waals surface area contributed by atoms with Crippen molar-refractivity contribution in [1.82, 2.24) is 19.9 Å². The summed E-state index contributed by atoms with van der Waals surface area (Å²) < 4.78 is 49.0. The molecule has 0 atom stereocenters. The molecular formula is C27H22F3N5O6. The molecule has 2 aromatic carbocycles. The maximum absolute atomic E-state index is 13.2. The summed E-state index contributed by atoms with van der Waals surface area (Å²) in [5, 5.41) is 4.74. The van der Waals surface area contributed by atoms with Crippen LogP contribution in [0.4, 0.5) is 23.8 Å². The van der Waals surface area contributed by atoms with Gasteiger partial charge >= 0.3 is 18.1 Å². The van der Waals surface area contributed by atoms with Crippen molar-refractivity contribution in [2.45, 2.75) is 19.5 Å². The molecule has 3 N–H and O–H groups in total. The number of benzene rings is 2. The second kappa shape index (κ2) is 12.2. The van der Waals surface area contributed by atoms with E-state index in [2.05, 4.69) is 30.1 Å². The summed E-state index contributed by atoms with van der Waals surface area (Å²) in [6.45, 7) is -0.429. The molecule has 41 heavy (non-hydrogen) atoms. The van der Waals surface area contributed by atoms with Gasteiger partial charge in [0.1, 0.15) is 17.3 Å². The molecule has 0 unspecified atom stereocenters. The third-order valence-corrected chi connectivity index (χ3v) is 5.69. The van der Waals surface area contributed by atoms with E-state index in [1.807, 2.05) is 0 Å². The van der Waals surface area contributed by atoms with E-state index < -0.39 is 41.9 Å². The zero-order chi connectivity index (χ0) is 29.6. The van der Waals surface area contributed by atoms with Crippen LogP contribution in [0.2, 0.25) is 0 Å². The predicted molar refractivity (Wildman–Crippen MR) is 140 cm³/mol. The van der Waals surface area contributed by atoms with Gasteiger partial charge in [0.2, 0.25) is 0 Å². The minimum absolute atomic E-state index is 0.0125. The number of rotatable bonds is 8. The molecular weight excluding hydrogens is 547 g/mol. The minimum Gasteiger partial charge on any atom is -0.453 e. The number of aromatic amines is 1. The van der Waals surface area contributed by atoms with Gasteiger partial charge in [0, 0.05) is 29.9 Å². The summed E-state index contributed by atoms with van der Waals surface area (Å²) in [5.41, 5.74) is -0.517. The Morgan fingerprint density at radius 3 is 2.37 bits per heavy atom. The summed E-state index contributed by atoms with van der Waals surface area (Å²) in [6.07, 6.45) is -4.44. The molecule has 0 saturated heterocycles. The lowest BCUT2D eigenvalue weighted by atomic mass is 10.0. The molecule has 2 aromatic heterocycles. The van der Waals surface area contributed by atoms with Gasteiger partial charge in [0.05, 0.1) is 13.7 Å². The molecule has 11 nitrogen and oxygen atoms in total. The van der Waals surface area contributed by atoms with Gasteiger partial charge < -0.3 is 19.8 Å². The number of alkyl halides is 3. The van der Waals surface area contributed by atoms with Crippen LogP contribution < -0.4 is 26.6 Å². The summed E-state index contributed by atoms with van der Waals surface area (Å²) in [4.78, 5) is 55.3. The summed E-state index contributed by atoms with van der Waals surface area (Å²) in [5.74, 6) is -1.30. The lowest BCUT2D eigenvalue weighted by Gasteiger charge is -2.15. The number of anilines is 1. The second-order valence-electron chi connectivity index (χ2n) is 8.50. The summed E-state index contributed by atoms with van der Waals surface area (Å²) in [6, 6.07) is 16.5. The van der Waals surface area contributed by atoms with Crippen molar-refractivity contribution in [2.24, 2.45) is 0 Å². The Morgan fingerprint density at radius 1 is 1.00 bits per heavy atom. The average molecular weight is 569 g/mol. The highest BCUT2D eigenvalue weighted by molar-refractivity contribution is 5.92. The Morgan fingerprint density at radius 2 is 1.73 bits per heavy atom. The van der Waals surface area contributed by atoms with E-state index in [-0.39, 0.29) is 23.6 Å². The maximum Gasteiger partial charge on any atom is 0.573 e. The highest BCUT2D eigenvalue weighted by atomic mass is 19.4. The fourth-order valence-electron chi connectivity index (χ4n) is 3.72. The van der Waals surface area contributed by atoms with Crippen molar-refractivity contribution in [2.75, 3.05) is 12.4 Å². The van der Waals surface area contributed by atoms with Crippen LogP contribution in [0.25, 0.3) is 11.1 Å². The number of amides is 2. The lowest BCUT2D eigenvalue weighted by Crippen LogP contribution is -2.38. The van der Waals surface area contributed by atoms with Crippen LogP contribution in [-0.2, 0) is 17.8 Å². The Kier molecular flexibility index (Phi) is 8.51. The first-order chi connectivity index (χ1) is 19.5. The van der Waals surface area contributed by atoms with E-state index >= 15 is 0 Å². The fourth-order valence-corrected chi connectivity index (χ4v) is 3.72. The largest absolute Gasteiger partial charge is 0.573 e. The Labute approximate surface area is 229 Å². The molecule has 212 valence electrons.